The Hall–Kier alpha value is -2.54. The molecule has 3 aromatic rings. The highest BCUT2D eigenvalue weighted by atomic mass is 15.1. The van der Waals surface area contributed by atoms with Crippen molar-refractivity contribution in [3.8, 4) is 6.07 Å². The van der Waals surface area contributed by atoms with Gasteiger partial charge >= 0.3 is 0 Å². The lowest BCUT2D eigenvalue weighted by atomic mass is 10.1. The predicted molar refractivity (Wildman–Crippen MR) is 93.5 cm³/mol. The summed E-state index contributed by atoms with van der Waals surface area (Å²) in [6.45, 7) is 6.50. The number of H-pyrrole nitrogens is 1. The largest absolute Gasteiger partial charge is 0.303 e. The number of nitrogens with zero attached hydrogens (tertiary/aromatic N) is 2. The van der Waals surface area contributed by atoms with Crippen molar-refractivity contribution >= 4 is 22.5 Å². The van der Waals surface area contributed by atoms with Crippen LogP contribution in [0.3, 0.4) is 0 Å². The first kappa shape index (κ1) is 15.4. The summed E-state index contributed by atoms with van der Waals surface area (Å²) in [6, 6.07) is 13.1. The maximum atomic E-state index is 9.68. The van der Waals surface area contributed by atoms with Gasteiger partial charge in [-0.25, -0.2) is 0 Å². The number of anilines is 1. The monoisotopic (exact) mass is 307 g/mol. The Morgan fingerprint density at radius 1 is 1.30 bits per heavy atom. The van der Waals surface area contributed by atoms with Crippen LogP contribution in [0.15, 0.2) is 30.3 Å². The number of hydrogen-bond donors (Lipinski definition) is 2. The molecular formula is C19H23N4+. The molecule has 4 nitrogen and oxygen atoms in total. The summed E-state index contributed by atoms with van der Waals surface area (Å²) in [5.74, 6) is 1.05. The third-order valence-corrected chi connectivity index (χ3v) is 4.37. The quantitative estimate of drug-likeness (QED) is 0.701. The molecule has 1 aromatic carbocycles. The minimum Gasteiger partial charge on any atom is -0.303 e. The lowest BCUT2D eigenvalue weighted by Gasteiger charge is -2.12. The molecule has 1 unspecified atom stereocenters. The zero-order valence-electron chi connectivity index (χ0n) is 14.0. The van der Waals surface area contributed by atoms with Crippen LogP contribution < -0.4 is 9.72 Å². The van der Waals surface area contributed by atoms with Gasteiger partial charge < -0.3 is 5.32 Å². The van der Waals surface area contributed by atoms with E-state index >= 15 is 0 Å². The van der Waals surface area contributed by atoms with E-state index < -0.39 is 0 Å². The molecule has 0 saturated carbocycles. The van der Waals surface area contributed by atoms with E-state index in [1.54, 1.807) is 0 Å². The smallest absolute Gasteiger partial charge is 0.250 e. The van der Waals surface area contributed by atoms with Crippen LogP contribution in [0.5, 0.6) is 0 Å². The maximum absolute atomic E-state index is 9.68. The number of nitriles is 1. The molecule has 0 bridgehead atoms. The number of rotatable bonds is 5. The number of nitrogens with one attached hydrogen (secondary N) is 2. The molecule has 2 N–H and O–H groups in total. The van der Waals surface area contributed by atoms with Crippen molar-refractivity contribution in [2.24, 2.45) is 0 Å². The van der Waals surface area contributed by atoms with Gasteiger partial charge in [0.15, 0.2) is 0 Å². The molecule has 0 aliphatic carbocycles. The summed E-state index contributed by atoms with van der Waals surface area (Å²) < 4.78 is 2.14. The molecule has 4 heteroatoms. The number of aromatic nitrogens is 2. The van der Waals surface area contributed by atoms with E-state index in [4.69, 9.17) is 0 Å². The van der Waals surface area contributed by atoms with Gasteiger partial charge in [-0.3, -0.25) is 4.98 Å². The van der Waals surface area contributed by atoms with Crippen molar-refractivity contribution in [2.75, 3.05) is 5.32 Å². The summed E-state index contributed by atoms with van der Waals surface area (Å²) in [4.78, 5) is 3.43. The van der Waals surface area contributed by atoms with Gasteiger partial charge in [0.2, 0.25) is 11.5 Å². The van der Waals surface area contributed by atoms with E-state index in [2.05, 4.69) is 59.7 Å². The van der Waals surface area contributed by atoms with Crippen molar-refractivity contribution in [2.45, 2.75) is 46.1 Å². The van der Waals surface area contributed by atoms with Crippen molar-refractivity contribution in [1.82, 2.24) is 4.98 Å². The molecule has 23 heavy (non-hydrogen) atoms. The van der Waals surface area contributed by atoms with E-state index in [-0.39, 0.29) is 0 Å². The van der Waals surface area contributed by atoms with Gasteiger partial charge in [-0.1, -0.05) is 32.4 Å². The van der Waals surface area contributed by atoms with Gasteiger partial charge in [-0.15, -0.1) is 0 Å². The first-order chi connectivity index (χ1) is 11.2. The third-order valence-electron chi connectivity index (χ3n) is 4.37. The molecule has 0 spiro atoms. The second kappa shape index (κ2) is 6.29. The first-order valence-electron chi connectivity index (χ1n) is 8.34. The lowest BCUT2D eigenvalue weighted by Crippen LogP contribution is -2.30. The molecule has 0 aliphatic rings. The lowest BCUT2D eigenvalue weighted by molar-refractivity contribution is -0.465. The van der Waals surface area contributed by atoms with Gasteiger partial charge in [0.05, 0.1) is 6.04 Å². The molecule has 3 rings (SSSR count). The van der Waals surface area contributed by atoms with Crippen molar-refractivity contribution in [1.29, 1.82) is 5.26 Å². The fraction of sp³-hybridized carbons (Fsp3) is 0.368. The fourth-order valence-electron chi connectivity index (χ4n) is 3.01. The van der Waals surface area contributed by atoms with E-state index in [1.165, 1.54) is 0 Å². The number of aromatic amines is 1. The summed E-state index contributed by atoms with van der Waals surface area (Å²) in [7, 11) is 0. The third kappa shape index (κ3) is 2.63. The van der Waals surface area contributed by atoms with Crippen molar-refractivity contribution < 1.29 is 4.40 Å². The van der Waals surface area contributed by atoms with E-state index in [0.717, 1.165) is 52.9 Å². The van der Waals surface area contributed by atoms with E-state index in [0.29, 0.717) is 6.04 Å². The Bertz CT molecular complexity index is 886. The number of benzene rings is 1. The van der Waals surface area contributed by atoms with Gasteiger partial charge in [-0.2, -0.15) is 9.66 Å². The number of pyridine rings is 1. The average molecular weight is 307 g/mol. The van der Waals surface area contributed by atoms with Crippen LogP contribution in [0, 0.1) is 11.3 Å². The van der Waals surface area contributed by atoms with Crippen LogP contribution in [0.4, 0.5) is 5.82 Å². The molecule has 0 saturated heterocycles. The SMILES string of the molecule is CCCc1cc(NC(C)CC)[n+]2c([nH]c3ccccc32)c1C#N. The second-order valence-electron chi connectivity index (χ2n) is 6.07. The molecule has 0 radical (unpaired) electrons. The van der Waals surface area contributed by atoms with Gasteiger partial charge in [-0.05, 0) is 37.5 Å². The number of aryl methyl sites for hydroxylation is 1. The topological polar surface area (TPSA) is 55.7 Å². The standard InChI is InChI=1S/C19H22N4/c1-4-8-14-11-18(21-13(3)5-2)23-17-10-7-6-9-16(17)22-19(23)15(14)12-20/h6-7,9-11,13H,4-5,8H2,1-3H3,(H,21,22)/p+1. The Balaban J connectivity index is 2.36. The molecule has 0 fully saturated rings. The number of hydrogen-bond acceptors (Lipinski definition) is 2. The number of imidazole rings is 1. The summed E-state index contributed by atoms with van der Waals surface area (Å²) in [6.07, 6.45) is 2.98. The molecular weight excluding hydrogens is 284 g/mol. The van der Waals surface area contributed by atoms with Crippen LogP contribution >= 0.6 is 0 Å². The first-order valence-corrected chi connectivity index (χ1v) is 8.34. The van der Waals surface area contributed by atoms with Gasteiger partial charge in [0, 0.05) is 6.07 Å². The van der Waals surface area contributed by atoms with Gasteiger partial charge in [0.25, 0.3) is 0 Å². The molecule has 1 atom stereocenters. The summed E-state index contributed by atoms with van der Waals surface area (Å²) >= 11 is 0. The molecule has 118 valence electrons. The van der Waals surface area contributed by atoms with E-state index in [9.17, 15) is 5.26 Å². The predicted octanol–water partition coefficient (Wildman–Crippen LogP) is 3.94. The Morgan fingerprint density at radius 2 is 2.09 bits per heavy atom. The van der Waals surface area contributed by atoms with E-state index in [1.807, 2.05) is 12.1 Å². The van der Waals surface area contributed by atoms with Crippen LogP contribution in [0.25, 0.3) is 16.7 Å². The normalized spacial score (nSPS) is 12.4. The van der Waals surface area contributed by atoms with Gasteiger partial charge in [0.1, 0.15) is 22.7 Å². The molecule has 2 aromatic heterocycles. The molecule has 0 aliphatic heterocycles. The average Bonchev–Trinajstić information content (AvgIpc) is 2.94. The number of para-hydroxylation sites is 2. The van der Waals surface area contributed by atoms with Crippen LogP contribution in [0.1, 0.15) is 44.7 Å². The highest BCUT2D eigenvalue weighted by Crippen LogP contribution is 2.22. The zero-order valence-corrected chi connectivity index (χ0v) is 14.0. The summed E-state index contributed by atoms with van der Waals surface area (Å²) in [5, 5.41) is 13.3. The Kier molecular flexibility index (Phi) is 4.20. The number of fused-ring (bicyclic) bond motifs is 3. The molecule has 2 heterocycles. The van der Waals surface area contributed by atoms with Crippen molar-refractivity contribution in [3.05, 3.63) is 41.5 Å². The highest BCUT2D eigenvalue weighted by Gasteiger charge is 2.22. The maximum Gasteiger partial charge on any atom is 0.250 e. The zero-order chi connectivity index (χ0) is 16.4. The Labute approximate surface area is 136 Å². The molecule has 0 amide bonds. The Morgan fingerprint density at radius 3 is 2.78 bits per heavy atom. The second-order valence-corrected chi connectivity index (χ2v) is 6.07. The van der Waals surface area contributed by atoms with Crippen LogP contribution in [-0.2, 0) is 6.42 Å². The summed E-state index contributed by atoms with van der Waals surface area (Å²) in [5.41, 5.74) is 4.87. The highest BCUT2D eigenvalue weighted by molar-refractivity contribution is 5.77. The minimum absolute atomic E-state index is 0.377. The van der Waals surface area contributed by atoms with Crippen LogP contribution in [-0.4, -0.2) is 11.0 Å². The van der Waals surface area contributed by atoms with Crippen LogP contribution in [0.2, 0.25) is 0 Å². The van der Waals surface area contributed by atoms with Crippen molar-refractivity contribution in [3.63, 3.8) is 0 Å². The fourth-order valence-corrected chi connectivity index (χ4v) is 3.01. The minimum atomic E-state index is 0.377.